The van der Waals surface area contributed by atoms with E-state index in [0.717, 1.165) is 16.9 Å². The topological polar surface area (TPSA) is 55.2 Å². The van der Waals surface area contributed by atoms with Crippen LogP contribution >= 0.6 is 23.8 Å². The van der Waals surface area contributed by atoms with Gasteiger partial charge >= 0.3 is 0 Å². The Kier molecular flexibility index (Phi) is 4.85. The maximum Gasteiger partial charge on any atom is 0.216 e. The first-order valence-corrected chi connectivity index (χ1v) is 7.63. The number of aromatic amines is 1. The molecule has 0 aliphatic carbocycles. The van der Waals surface area contributed by atoms with Gasteiger partial charge in [-0.3, -0.25) is 5.10 Å². The minimum atomic E-state index is 0.410. The van der Waals surface area contributed by atoms with Crippen LogP contribution in [0.15, 0.2) is 60.0 Å². The standard InChI is InChI=1S/C16H13ClN4OS/c17-15-7-2-1-5-13(15)10-22-14-6-3-4-12(8-14)9-19-21-11-18-20-16(21)23/h1-9,11H,10H2,(H,20,23)/b19-9+. The summed E-state index contributed by atoms with van der Waals surface area (Å²) < 4.78 is 7.70. The predicted octanol–water partition coefficient (Wildman–Crippen LogP) is 4.06. The molecule has 0 bridgehead atoms. The SMILES string of the molecule is S=c1[nH]ncn1/N=C/c1cccc(OCc2ccccc2Cl)c1. The molecular formula is C16H13ClN4OS. The Morgan fingerprint density at radius 3 is 2.91 bits per heavy atom. The second-order valence-electron chi connectivity index (χ2n) is 4.70. The molecule has 1 aromatic heterocycles. The zero-order valence-corrected chi connectivity index (χ0v) is 13.6. The van der Waals surface area contributed by atoms with E-state index in [9.17, 15) is 0 Å². The van der Waals surface area contributed by atoms with Crippen molar-refractivity contribution in [1.82, 2.24) is 14.9 Å². The van der Waals surface area contributed by atoms with Crippen LogP contribution in [0.25, 0.3) is 0 Å². The minimum Gasteiger partial charge on any atom is -0.489 e. The van der Waals surface area contributed by atoms with Crippen molar-refractivity contribution in [3.8, 4) is 5.75 Å². The lowest BCUT2D eigenvalue weighted by molar-refractivity contribution is 0.306. The van der Waals surface area contributed by atoms with Gasteiger partial charge in [0.2, 0.25) is 4.77 Å². The van der Waals surface area contributed by atoms with Crippen LogP contribution in [-0.4, -0.2) is 21.1 Å². The normalized spacial score (nSPS) is 11.0. The smallest absolute Gasteiger partial charge is 0.216 e. The van der Waals surface area contributed by atoms with Gasteiger partial charge in [0.15, 0.2) is 0 Å². The average Bonchev–Trinajstić information content (AvgIpc) is 2.98. The Balaban J connectivity index is 1.70. The molecule has 0 aliphatic rings. The molecule has 7 heteroatoms. The molecule has 1 N–H and O–H groups in total. The van der Waals surface area contributed by atoms with Gasteiger partial charge in [0.05, 0.1) is 6.21 Å². The number of halogens is 1. The van der Waals surface area contributed by atoms with Crippen LogP contribution in [0.5, 0.6) is 5.75 Å². The maximum atomic E-state index is 6.12. The highest BCUT2D eigenvalue weighted by molar-refractivity contribution is 7.71. The fourth-order valence-electron chi connectivity index (χ4n) is 1.91. The molecule has 0 saturated heterocycles. The molecule has 0 spiro atoms. The van der Waals surface area contributed by atoms with Crippen molar-refractivity contribution < 1.29 is 4.74 Å². The molecule has 0 fully saturated rings. The second-order valence-corrected chi connectivity index (χ2v) is 5.50. The molecule has 0 saturated carbocycles. The molecule has 3 aromatic rings. The molecule has 5 nitrogen and oxygen atoms in total. The van der Waals surface area contributed by atoms with Gasteiger partial charge in [-0.1, -0.05) is 41.9 Å². The van der Waals surface area contributed by atoms with Crippen molar-refractivity contribution in [2.45, 2.75) is 6.61 Å². The second kappa shape index (κ2) is 7.21. The summed E-state index contributed by atoms with van der Waals surface area (Å²) in [5.74, 6) is 0.740. The minimum absolute atomic E-state index is 0.410. The average molecular weight is 345 g/mol. The van der Waals surface area contributed by atoms with E-state index in [1.54, 1.807) is 6.21 Å². The van der Waals surface area contributed by atoms with Gasteiger partial charge in [0.25, 0.3) is 0 Å². The number of hydrogen-bond donors (Lipinski definition) is 1. The quantitative estimate of drug-likeness (QED) is 0.561. The zero-order chi connectivity index (χ0) is 16.1. The van der Waals surface area contributed by atoms with E-state index < -0.39 is 0 Å². The van der Waals surface area contributed by atoms with Crippen molar-refractivity contribution in [3.63, 3.8) is 0 Å². The first-order valence-electron chi connectivity index (χ1n) is 6.85. The number of nitrogens with one attached hydrogen (secondary N) is 1. The number of rotatable bonds is 5. The molecule has 0 amide bonds. The number of hydrogen-bond acceptors (Lipinski definition) is 4. The van der Waals surface area contributed by atoms with E-state index in [1.807, 2.05) is 48.5 Å². The molecular weight excluding hydrogens is 332 g/mol. The van der Waals surface area contributed by atoms with Gasteiger partial charge in [-0.05, 0) is 36.0 Å². The highest BCUT2D eigenvalue weighted by Crippen LogP contribution is 2.19. The number of ether oxygens (including phenoxy) is 1. The van der Waals surface area contributed by atoms with Crippen molar-refractivity contribution >= 4 is 30.0 Å². The largest absolute Gasteiger partial charge is 0.489 e. The van der Waals surface area contributed by atoms with Crippen molar-refractivity contribution in [3.05, 3.63) is 75.8 Å². The van der Waals surface area contributed by atoms with E-state index >= 15 is 0 Å². The molecule has 2 aromatic carbocycles. The van der Waals surface area contributed by atoms with Crippen LogP contribution in [-0.2, 0) is 6.61 Å². The van der Waals surface area contributed by atoms with Gasteiger partial charge < -0.3 is 4.74 Å². The van der Waals surface area contributed by atoms with Gasteiger partial charge in [-0.2, -0.15) is 14.9 Å². The first-order chi connectivity index (χ1) is 11.2. The van der Waals surface area contributed by atoms with Crippen molar-refractivity contribution in [1.29, 1.82) is 0 Å². The summed E-state index contributed by atoms with van der Waals surface area (Å²) in [4.78, 5) is 0. The molecule has 1 heterocycles. The molecule has 0 atom stereocenters. The maximum absolute atomic E-state index is 6.12. The third-order valence-electron chi connectivity index (χ3n) is 3.08. The van der Waals surface area contributed by atoms with Crippen LogP contribution < -0.4 is 4.74 Å². The zero-order valence-electron chi connectivity index (χ0n) is 12.0. The molecule has 3 rings (SSSR count). The molecule has 23 heavy (non-hydrogen) atoms. The summed E-state index contributed by atoms with van der Waals surface area (Å²) in [6.45, 7) is 0.410. The van der Waals surface area contributed by atoms with Gasteiger partial charge in [0, 0.05) is 10.6 Å². The molecule has 0 aliphatic heterocycles. The number of benzene rings is 2. The van der Waals surface area contributed by atoms with Crippen molar-refractivity contribution in [2.24, 2.45) is 5.10 Å². The van der Waals surface area contributed by atoms with Crippen LogP contribution in [0.1, 0.15) is 11.1 Å². The van der Waals surface area contributed by atoms with E-state index in [0.29, 0.717) is 16.4 Å². The van der Waals surface area contributed by atoms with Gasteiger partial charge in [-0.15, -0.1) is 0 Å². The summed E-state index contributed by atoms with van der Waals surface area (Å²) in [5.41, 5.74) is 1.84. The van der Waals surface area contributed by atoms with Crippen LogP contribution in [0.3, 0.4) is 0 Å². The number of H-pyrrole nitrogens is 1. The van der Waals surface area contributed by atoms with Gasteiger partial charge in [0.1, 0.15) is 18.7 Å². The fraction of sp³-hybridized carbons (Fsp3) is 0.0625. The number of nitrogens with zero attached hydrogens (tertiary/aromatic N) is 3. The Morgan fingerprint density at radius 1 is 1.26 bits per heavy atom. The van der Waals surface area contributed by atoms with Crippen molar-refractivity contribution in [2.75, 3.05) is 0 Å². The lowest BCUT2D eigenvalue weighted by Crippen LogP contribution is -1.97. The first kappa shape index (κ1) is 15.5. The van der Waals surface area contributed by atoms with Crippen LogP contribution in [0.4, 0.5) is 0 Å². The summed E-state index contributed by atoms with van der Waals surface area (Å²) in [6, 6.07) is 15.2. The molecule has 0 radical (unpaired) electrons. The lowest BCUT2D eigenvalue weighted by Gasteiger charge is -2.08. The molecule has 116 valence electrons. The lowest BCUT2D eigenvalue weighted by atomic mass is 10.2. The van der Waals surface area contributed by atoms with E-state index in [4.69, 9.17) is 28.6 Å². The van der Waals surface area contributed by atoms with E-state index in [1.165, 1.54) is 11.0 Å². The number of aromatic nitrogens is 3. The highest BCUT2D eigenvalue weighted by Gasteiger charge is 2.01. The summed E-state index contributed by atoms with van der Waals surface area (Å²) in [7, 11) is 0. The molecule has 0 unspecified atom stereocenters. The highest BCUT2D eigenvalue weighted by atomic mass is 35.5. The third-order valence-corrected chi connectivity index (χ3v) is 3.72. The summed E-state index contributed by atoms with van der Waals surface area (Å²) in [6.07, 6.45) is 3.20. The van der Waals surface area contributed by atoms with Crippen LogP contribution in [0.2, 0.25) is 5.02 Å². The Labute approximate surface area is 143 Å². The Morgan fingerprint density at radius 2 is 2.13 bits per heavy atom. The van der Waals surface area contributed by atoms with E-state index in [-0.39, 0.29) is 0 Å². The van der Waals surface area contributed by atoms with Gasteiger partial charge in [-0.25, -0.2) is 0 Å². The Bertz CT molecular complexity index is 887. The van der Waals surface area contributed by atoms with E-state index in [2.05, 4.69) is 15.3 Å². The summed E-state index contributed by atoms with van der Waals surface area (Å²) in [5, 5.41) is 11.4. The third kappa shape index (κ3) is 4.06. The monoisotopic (exact) mass is 344 g/mol. The summed E-state index contributed by atoms with van der Waals surface area (Å²) >= 11 is 11.1. The van der Waals surface area contributed by atoms with Crippen LogP contribution in [0, 0.1) is 4.77 Å². The fourth-order valence-corrected chi connectivity index (χ4v) is 2.25. The Hall–Kier alpha value is -2.44. The predicted molar refractivity (Wildman–Crippen MR) is 92.6 cm³/mol.